The van der Waals surface area contributed by atoms with E-state index < -0.39 is 6.10 Å². The van der Waals surface area contributed by atoms with Crippen LogP contribution in [0.4, 0.5) is 0 Å². The molecule has 1 heterocycles. The molecule has 0 radical (unpaired) electrons. The summed E-state index contributed by atoms with van der Waals surface area (Å²) in [5.41, 5.74) is 2.23. The highest BCUT2D eigenvalue weighted by Crippen LogP contribution is 2.26. The van der Waals surface area contributed by atoms with Crippen LogP contribution in [0.25, 0.3) is 6.08 Å². The highest BCUT2D eigenvalue weighted by atomic mass is 16.6. The fourth-order valence-electron chi connectivity index (χ4n) is 2.37. The van der Waals surface area contributed by atoms with Crippen LogP contribution in [0.3, 0.4) is 0 Å². The Morgan fingerprint density at radius 2 is 1.95 bits per heavy atom. The van der Waals surface area contributed by atoms with Crippen molar-refractivity contribution in [2.24, 2.45) is 5.92 Å². The van der Waals surface area contributed by atoms with Gasteiger partial charge in [0.05, 0.1) is 13.2 Å². The number of rotatable bonds is 3. The van der Waals surface area contributed by atoms with Gasteiger partial charge in [0.1, 0.15) is 0 Å². The molecular formula is C17H20O3. The summed E-state index contributed by atoms with van der Waals surface area (Å²) in [5, 5.41) is 0. The van der Waals surface area contributed by atoms with E-state index in [0.717, 1.165) is 11.1 Å². The third-order valence-electron chi connectivity index (χ3n) is 3.44. The second-order valence-corrected chi connectivity index (χ2v) is 5.04. The highest BCUT2D eigenvalue weighted by molar-refractivity contribution is 5.77. The van der Waals surface area contributed by atoms with Gasteiger partial charge in [-0.3, -0.25) is 0 Å². The zero-order valence-electron chi connectivity index (χ0n) is 12.1. The summed E-state index contributed by atoms with van der Waals surface area (Å²) >= 11 is 0. The lowest BCUT2D eigenvalue weighted by molar-refractivity contribution is -0.154. The molecule has 1 aliphatic heterocycles. The number of carbonyl (C=O) groups excluding carboxylic acids is 1. The first-order valence-electron chi connectivity index (χ1n) is 6.76. The Kier molecular flexibility index (Phi) is 4.74. The molecular weight excluding hydrogens is 252 g/mol. The van der Waals surface area contributed by atoms with Crippen molar-refractivity contribution in [1.82, 2.24) is 0 Å². The molecule has 0 bridgehead atoms. The molecule has 0 spiro atoms. The lowest BCUT2D eigenvalue weighted by Gasteiger charge is -2.30. The molecule has 0 unspecified atom stereocenters. The van der Waals surface area contributed by atoms with E-state index in [9.17, 15) is 4.79 Å². The van der Waals surface area contributed by atoms with Crippen LogP contribution in [0.15, 0.2) is 48.1 Å². The Balaban J connectivity index is 2.17. The summed E-state index contributed by atoms with van der Waals surface area (Å²) in [6, 6.07) is 10.1. The van der Waals surface area contributed by atoms with Crippen LogP contribution >= 0.6 is 0 Å². The average Bonchev–Trinajstić information content (AvgIpc) is 2.48. The van der Waals surface area contributed by atoms with Crippen LogP contribution in [-0.4, -0.2) is 25.3 Å². The topological polar surface area (TPSA) is 35.5 Å². The first-order valence-corrected chi connectivity index (χ1v) is 6.76. The second kappa shape index (κ2) is 6.53. The van der Waals surface area contributed by atoms with Gasteiger partial charge in [0.15, 0.2) is 6.10 Å². The van der Waals surface area contributed by atoms with Crippen molar-refractivity contribution in [2.75, 3.05) is 7.11 Å². The maximum atomic E-state index is 11.6. The van der Waals surface area contributed by atoms with Crippen molar-refractivity contribution in [3.63, 3.8) is 0 Å². The molecule has 3 nitrogen and oxygen atoms in total. The summed E-state index contributed by atoms with van der Waals surface area (Å²) in [5.74, 6) is -0.124. The second-order valence-electron chi connectivity index (χ2n) is 5.04. The van der Waals surface area contributed by atoms with Crippen LogP contribution in [0.2, 0.25) is 0 Å². The molecule has 1 aromatic rings. The van der Waals surface area contributed by atoms with Crippen LogP contribution in [-0.2, 0) is 14.3 Å². The van der Waals surface area contributed by atoms with Crippen molar-refractivity contribution >= 4 is 12.0 Å². The van der Waals surface area contributed by atoms with Gasteiger partial charge in [-0.25, -0.2) is 4.79 Å². The standard InChI is InChI=1S/C17H20O3/c1-12-9-10-15(17(18)19-3)20-16(12)13(2)11-14-7-5-4-6-8-14/h4-12,15-16H,1-3H3/b13-11+/t12-,15-,16-/m0/s1. The van der Waals surface area contributed by atoms with Crippen molar-refractivity contribution < 1.29 is 14.3 Å². The van der Waals surface area contributed by atoms with Crippen LogP contribution in [0, 0.1) is 5.92 Å². The largest absolute Gasteiger partial charge is 0.467 e. The minimum Gasteiger partial charge on any atom is -0.467 e. The first kappa shape index (κ1) is 14.5. The summed E-state index contributed by atoms with van der Waals surface area (Å²) in [6.07, 6.45) is 5.15. The lowest BCUT2D eigenvalue weighted by Crippen LogP contribution is -2.36. The molecule has 0 amide bonds. The summed E-state index contributed by atoms with van der Waals surface area (Å²) in [4.78, 5) is 11.6. The van der Waals surface area contributed by atoms with Gasteiger partial charge in [-0.05, 0) is 24.1 Å². The van der Waals surface area contributed by atoms with E-state index in [0.29, 0.717) is 0 Å². The Morgan fingerprint density at radius 1 is 1.25 bits per heavy atom. The van der Waals surface area contributed by atoms with Crippen LogP contribution in [0.1, 0.15) is 19.4 Å². The Labute approximate surface area is 119 Å². The van der Waals surface area contributed by atoms with Gasteiger partial charge in [0, 0.05) is 5.92 Å². The molecule has 3 heteroatoms. The normalized spacial score (nSPS) is 26.4. The maximum absolute atomic E-state index is 11.6. The van der Waals surface area contributed by atoms with Crippen molar-refractivity contribution in [2.45, 2.75) is 26.1 Å². The van der Waals surface area contributed by atoms with Gasteiger partial charge in [-0.1, -0.05) is 49.4 Å². The van der Waals surface area contributed by atoms with Crippen molar-refractivity contribution in [3.8, 4) is 0 Å². The average molecular weight is 272 g/mol. The molecule has 0 saturated carbocycles. The lowest BCUT2D eigenvalue weighted by atomic mass is 9.93. The van der Waals surface area contributed by atoms with Crippen molar-refractivity contribution in [3.05, 3.63) is 53.6 Å². The number of hydrogen-bond donors (Lipinski definition) is 0. The van der Waals surface area contributed by atoms with Gasteiger partial charge < -0.3 is 9.47 Å². The number of benzene rings is 1. The Morgan fingerprint density at radius 3 is 2.60 bits per heavy atom. The van der Waals surface area contributed by atoms with E-state index in [1.54, 1.807) is 6.08 Å². The smallest absolute Gasteiger partial charge is 0.339 e. The third-order valence-corrected chi connectivity index (χ3v) is 3.44. The molecule has 1 aliphatic rings. The molecule has 0 aliphatic carbocycles. The number of ether oxygens (including phenoxy) is 2. The van der Waals surface area contributed by atoms with Gasteiger partial charge >= 0.3 is 5.97 Å². The van der Waals surface area contributed by atoms with E-state index >= 15 is 0 Å². The first-order chi connectivity index (χ1) is 9.61. The van der Waals surface area contributed by atoms with E-state index in [-0.39, 0.29) is 18.0 Å². The fraction of sp³-hybridized carbons (Fsp3) is 0.353. The minimum atomic E-state index is -0.611. The van der Waals surface area contributed by atoms with Crippen molar-refractivity contribution in [1.29, 1.82) is 0 Å². The predicted octanol–water partition coefficient (Wildman–Crippen LogP) is 3.22. The zero-order chi connectivity index (χ0) is 14.5. The SMILES string of the molecule is COC(=O)[C@@H]1C=C[C@H](C)[C@@H](/C(C)=C/c2ccccc2)O1. The van der Waals surface area contributed by atoms with Crippen LogP contribution < -0.4 is 0 Å². The zero-order valence-corrected chi connectivity index (χ0v) is 12.1. The van der Waals surface area contributed by atoms with Gasteiger partial charge in [0.2, 0.25) is 0 Å². The van der Waals surface area contributed by atoms with E-state index in [1.165, 1.54) is 7.11 Å². The van der Waals surface area contributed by atoms with Gasteiger partial charge in [0.25, 0.3) is 0 Å². The molecule has 106 valence electrons. The summed E-state index contributed by atoms with van der Waals surface area (Å²) in [6.45, 7) is 4.11. The Bertz CT molecular complexity index is 516. The fourth-order valence-corrected chi connectivity index (χ4v) is 2.37. The summed E-state index contributed by atoms with van der Waals surface area (Å²) in [7, 11) is 1.37. The van der Waals surface area contributed by atoms with Gasteiger partial charge in [-0.2, -0.15) is 0 Å². The molecule has 3 atom stereocenters. The highest BCUT2D eigenvalue weighted by Gasteiger charge is 2.29. The summed E-state index contributed by atoms with van der Waals surface area (Å²) < 4.78 is 10.6. The predicted molar refractivity (Wildman–Crippen MR) is 79.1 cm³/mol. The minimum absolute atomic E-state index is 0.107. The van der Waals surface area contributed by atoms with Gasteiger partial charge in [-0.15, -0.1) is 0 Å². The molecule has 0 saturated heterocycles. The van der Waals surface area contributed by atoms with E-state index in [4.69, 9.17) is 9.47 Å². The number of hydrogen-bond acceptors (Lipinski definition) is 3. The van der Waals surface area contributed by atoms with Crippen LogP contribution in [0.5, 0.6) is 0 Å². The Hall–Kier alpha value is -1.87. The maximum Gasteiger partial charge on any atom is 0.339 e. The molecule has 0 aromatic heterocycles. The molecule has 0 fully saturated rings. The molecule has 20 heavy (non-hydrogen) atoms. The quantitative estimate of drug-likeness (QED) is 0.626. The number of carbonyl (C=O) groups is 1. The number of methoxy groups -OCH3 is 1. The third kappa shape index (κ3) is 3.36. The molecule has 1 aromatic carbocycles. The monoisotopic (exact) mass is 272 g/mol. The van der Waals surface area contributed by atoms with E-state index in [1.807, 2.05) is 43.3 Å². The molecule has 0 N–H and O–H groups in total. The molecule has 2 rings (SSSR count). The van der Waals surface area contributed by atoms with E-state index in [2.05, 4.69) is 13.0 Å². The number of esters is 1.